The summed E-state index contributed by atoms with van der Waals surface area (Å²) in [5, 5.41) is 1.84. The number of hydrogen-bond acceptors (Lipinski definition) is 2. The molecule has 17 heavy (non-hydrogen) atoms. The molecule has 0 atom stereocenters. The van der Waals surface area contributed by atoms with Crippen molar-refractivity contribution in [2.24, 2.45) is 0 Å². The Balaban J connectivity index is 2.61. The zero-order chi connectivity index (χ0) is 12.6. The minimum absolute atomic E-state index is 0.0858. The number of aromatic amines is 1. The van der Waals surface area contributed by atoms with Gasteiger partial charge in [-0.3, -0.25) is 0 Å². The highest BCUT2D eigenvalue weighted by Gasteiger charge is 2.31. The van der Waals surface area contributed by atoms with E-state index in [1.807, 2.05) is 18.4 Å². The molecular formula is C11H8F3NS2. The Morgan fingerprint density at radius 2 is 2.00 bits per heavy atom. The van der Waals surface area contributed by atoms with Crippen LogP contribution in [0.2, 0.25) is 0 Å². The van der Waals surface area contributed by atoms with Crippen molar-refractivity contribution in [2.75, 3.05) is 0 Å². The van der Waals surface area contributed by atoms with Gasteiger partial charge >= 0.3 is 6.18 Å². The number of thiophene rings is 1. The minimum atomic E-state index is -4.37. The van der Waals surface area contributed by atoms with E-state index in [1.54, 1.807) is 0 Å². The minimum Gasteiger partial charge on any atom is -0.345 e. The number of pyridine rings is 1. The van der Waals surface area contributed by atoms with Gasteiger partial charge < -0.3 is 4.98 Å². The quantitative estimate of drug-likeness (QED) is 0.739. The molecule has 2 rings (SSSR count). The van der Waals surface area contributed by atoms with E-state index < -0.39 is 11.7 Å². The van der Waals surface area contributed by atoms with Crippen LogP contribution in [0.15, 0.2) is 23.6 Å². The molecule has 0 aliphatic rings. The second-order valence-electron chi connectivity index (χ2n) is 3.58. The Bertz CT molecular complexity index is 595. The van der Waals surface area contributed by atoms with Gasteiger partial charge in [0.1, 0.15) is 4.64 Å². The number of hydrogen-bond donors (Lipinski definition) is 1. The maximum atomic E-state index is 12.6. The molecule has 0 aromatic carbocycles. The van der Waals surface area contributed by atoms with Crippen molar-refractivity contribution in [3.05, 3.63) is 39.3 Å². The second kappa shape index (κ2) is 4.27. The summed E-state index contributed by atoms with van der Waals surface area (Å²) < 4.78 is 38.0. The number of rotatable bonds is 1. The van der Waals surface area contributed by atoms with Crippen LogP contribution in [0.3, 0.4) is 0 Å². The van der Waals surface area contributed by atoms with Crippen molar-refractivity contribution in [1.82, 2.24) is 4.98 Å². The van der Waals surface area contributed by atoms with Crippen molar-refractivity contribution in [1.29, 1.82) is 0 Å². The summed E-state index contributed by atoms with van der Waals surface area (Å²) in [4.78, 5) is 3.57. The first-order chi connectivity index (χ1) is 7.88. The van der Waals surface area contributed by atoms with Crippen LogP contribution in [0, 0.1) is 11.6 Å². The highest BCUT2D eigenvalue weighted by molar-refractivity contribution is 7.71. The number of halogens is 3. The lowest BCUT2D eigenvalue weighted by Gasteiger charge is -2.08. The number of H-pyrrole nitrogens is 1. The SMILES string of the molecule is Cc1ccsc1-c1cc(C(F)(F)F)cc(=S)[nH]1. The van der Waals surface area contributed by atoms with Crippen LogP contribution >= 0.6 is 23.6 Å². The Labute approximate surface area is 105 Å². The highest BCUT2D eigenvalue weighted by atomic mass is 32.1. The van der Waals surface area contributed by atoms with Crippen LogP contribution in [0.5, 0.6) is 0 Å². The monoisotopic (exact) mass is 275 g/mol. The molecule has 0 saturated heterocycles. The Kier molecular flexibility index (Phi) is 3.09. The predicted octanol–water partition coefficient (Wildman–Crippen LogP) is 4.80. The van der Waals surface area contributed by atoms with E-state index in [2.05, 4.69) is 4.98 Å². The van der Waals surface area contributed by atoms with E-state index >= 15 is 0 Å². The fourth-order valence-corrected chi connectivity index (χ4v) is 2.61. The first kappa shape index (κ1) is 12.3. The maximum Gasteiger partial charge on any atom is 0.416 e. The van der Waals surface area contributed by atoms with E-state index in [4.69, 9.17) is 12.2 Å². The molecule has 0 amide bonds. The van der Waals surface area contributed by atoms with E-state index in [9.17, 15) is 13.2 Å². The van der Waals surface area contributed by atoms with Gasteiger partial charge in [0.2, 0.25) is 0 Å². The Morgan fingerprint density at radius 1 is 1.29 bits per heavy atom. The summed E-state index contributed by atoms with van der Waals surface area (Å²) in [6, 6.07) is 3.88. The van der Waals surface area contributed by atoms with Crippen molar-refractivity contribution in [3.8, 4) is 10.6 Å². The lowest BCUT2D eigenvalue weighted by atomic mass is 10.1. The molecule has 2 heterocycles. The van der Waals surface area contributed by atoms with Gasteiger partial charge in [0, 0.05) is 0 Å². The molecule has 0 saturated carbocycles. The summed E-state index contributed by atoms with van der Waals surface area (Å²) >= 11 is 6.21. The fourth-order valence-electron chi connectivity index (χ4n) is 1.48. The molecular weight excluding hydrogens is 267 g/mol. The molecule has 0 aliphatic heterocycles. The number of aryl methyl sites for hydroxylation is 1. The van der Waals surface area contributed by atoms with Crippen LogP contribution in [0.25, 0.3) is 10.6 Å². The zero-order valence-electron chi connectivity index (χ0n) is 8.76. The third-order valence-corrected chi connectivity index (χ3v) is 3.55. The van der Waals surface area contributed by atoms with Gasteiger partial charge in [0.25, 0.3) is 0 Å². The van der Waals surface area contributed by atoms with Gasteiger partial charge in [-0.05, 0) is 36.1 Å². The van der Waals surface area contributed by atoms with Gasteiger partial charge in [-0.1, -0.05) is 12.2 Å². The Morgan fingerprint density at radius 3 is 2.53 bits per heavy atom. The number of nitrogens with one attached hydrogen (secondary N) is 1. The molecule has 0 radical (unpaired) electrons. The lowest BCUT2D eigenvalue weighted by molar-refractivity contribution is -0.137. The van der Waals surface area contributed by atoms with Crippen molar-refractivity contribution >= 4 is 23.6 Å². The largest absolute Gasteiger partial charge is 0.416 e. The van der Waals surface area contributed by atoms with Crippen LogP contribution in [-0.2, 0) is 6.18 Å². The van der Waals surface area contributed by atoms with Gasteiger partial charge in [-0.25, -0.2) is 0 Å². The summed E-state index contributed by atoms with van der Waals surface area (Å²) in [5.41, 5.74) is 0.626. The average molecular weight is 275 g/mol. The maximum absolute atomic E-state index is 12.6. The third-order valence-electron chi connectivity index (χ3n) is 2.28. The van der Waals surface area contributed by atoms with Crippen LogP contribution in [0.4, 0.5) is 13.2 Å². The van der Waals surface area contributed by atoms with E-state index in [1.165, 1.54) is 11.3 Å². The first-order valence-corrected chi connectivity index (χ1v) is 6.03. The lowest BCUT2D eigenvalue weighted by Crippen LogP contribution is -2.05. The van der Waals surface area contributed by atoms with E-state index in [0.29, 0.717) is 5.69 Å². The summed E-state index contributed by atoms with van der Waals surface area (Å²) in [7, 11) is 0. The Hall–Kier alpha value is -1.14. The molecule has 0 aliphatic carbocycles. The molecule has 2 aromatic heterocycles. The third kappa shape index (κ3) is 2.58. The fraction of sp³-hybridized carbons (Fsp3) is 0.182. The second-order valence-corrected chi connectivity index (χ2v) is 4.93. The van der Waals surface area contributed by atoms with Crippen LogP contribution in [0.1, 0.15) is 11.1 Å². The average Bonchev–Trinajstić information content (AvgIpc) is 2.62. The van der Waals surface area contributed by atoms with Crippen molar-refractivity contribution in [2.45, 2.75) is 13.1 Å². The predicted molar refractivity (Wildman–Crippen MR) is 64.7 cm³/mol. The van der Waals surface area contributed by atoms with Crippen LogP contribution < -0.4 is 0 Å². The molecule has 1 nitrogen and oxygen atoms in total. The molecule has 0 bridgehead atoms. The van der Waals surface area contributed by atoms with E-state index in [0.717, 1.165) is 22.6 Å². The molecule has 2 aromatic rings. The molecule has 6 heteroatoms. The summed E-state index contributed by atoms with van der Waals surface area (Å²) in [5.74, 6) is 0. The normalized spacial score (nSPS) is 11.8. The number of aromatic nitrogens is 1. The van der Waals surface area contributed by atoms with Gasteiger partial charge in [-0.15, -0.1) is 11.3 Å². The van der Waals surface area contributed by atoms with Crippen LogP contribution in [-0.4, -0.2) is 4.98 Å². The van der Waals surface area contributed by atoms with Crippen molar-refractivity contribution < 1.29 is 13.2 Å². The molecule has 0 unspecified atom stereocenters. The molecule has 0 fully saturated rings. The van der Waals surface area contributed by atoms with Gasteiger partial charge in [0.15, 0.2) is 0 Å². The van der Waals surface area contributed by atoms with E-state index in [-0.39, 0.29) is 4.64 Å². The summed E-state index contributed by atoms with van der Waals surface area (Å²) in [6.07, 6.45) is -4.37. The van der Waals surface area contributed by atoms with Crippen molar-refractivity contribution in [3.63, 3.8) is 0 Å². The summed E-state index contributed by atoms with van der Waals surface area (Å²) in [6.45, 7) is 1.85. The number of alkyl halides is 3. The van der Waals surface area contributed by atoms with Gasteiger partial charge in [-0.2, -0.15) is 13.2 Å². The zero-order valence-corrected chi connectivity index (χ0v) is 10.4. The molecule has 1 N–H and O–H groups in total. The van der Waals surface area contributed by atoms with Gasteiger partial charge in [0.05, 0.1) is 16.1 Å². The molecule has 0 spiro atoms. The first-order valence-electron chi connectivity index (χ1n) is 4.74. The topological polar surface area (TPSA) is 15.8 Å². The highest BCUT2D eigenvalue weighted by Crippen LogP contribution is 2.34. The molecule has 90 valence electrons. The smallest absolute Gasteiger partial charge is 0.345 e. The standard InChI is InChI=1S/C11H8F3NS2/c1-6-2-3-17-10(6)8-4-7(11(12,13)14)5-9(16)15-8/h2-5H,1H3,(H,15,16).